The van der Waals surface area contributed by atoms with Gasteiger partial charge in [0.2, 0.25) is 0 Å². The van der Waals surface area contributed by atoms with Crippen LogP contribution in [0.3, 0.4) is 0 Å². The minimum absolute atomic E-state index is 0.0221. The van der Waals surface area contributed by atoms with Gasteiger partial charge in [0.25, 0.3) is 10.2 Å². The average molecular weight is 264 g/mol. The molecule has 0 unspecified atom stereocenters. The molecule has 0 heterocycles. The summed E-state index contributed by atoms with van der Waals surface area (Å²) in [7, 11) is -3.44. The highest BCUT2D eigenvalue weighted by Crippen LogP contribution is 2.27. The maximum Gasteiger partial charge on any atom is 0.280 e. The number of hydrogen-bond donors (Lipinski definition) is 2. The van der Waals surface area contributed by atoms with Crippen molar-refractivity contribution in [3.05, 3.63) is 0 Å². The molecule has 1 rings (SSSR count). The number of rotatable bonds is 6. The SMILES string of the molecule is CC(C)(C)NS(=O)(=O)N(CCCO)C1CCC1. The van der Waals surface area contributed by atoms with Crippen molar-refractivity contribution in [3.8, 4) is 0 Å². The van der Waals surface area contributed by atoms with Crippen molar-refractivity contribution in [1.82, 2.24) is 9.03 Å². The first kappa shape index (κ1) is 14.9. The van der Waals surface area contributed by atoms with Crippen LogP contribution in [0.2, 0.25) is 0 Å². The zero-order chi connectivity index (χ0) is 13.1. The smallest absolute Gasteiger partial charge is 0.280 e. The van der Waals surface area contributed by atoms with Crippen molar-refractivity contribution in [1.29, 1.82) is 0 Å². The van der Waals surface area contributed by atoms with Gasteiger partial charge in [0.1, 0.15) is 0 Å². The number of nitrogens with zero attached hydrogens (tertiary/aromatic N) is 1. The van der Waals surface area contributed by atoms with Crippen molar-refractivity contribution in [2.45, 2.75) is 58.0 Å². The van der Waals surface area contributed by atoms with Crippen LogP contribution in [0, 0.1) is 0 Å². The van der Waals surface area contributed by atoms with Crippen LogP contribution in [0.15, 0.2) is 0 Å². The van der Waals surface area contributed by atoms with Gasteiger partial charge < -0.3 is 5.11 Å². The van der Waals surface area contributed by atoms with Crippen LogP contribution in [0.1, 0.15) is 46.5 Å². The molecular weight excluding hydrogens is 240 g/mol. The third-order valence-electron chi connectivity index (χ3n) is 2.76. The van der Waals surface area contributed by atoms with Crippen LogP contribution in [-0.2, 0) is 10.2 Å². The quantitative estimate of drug-likeness (QED) is 0.747. The van der Waals surface area contributed by atoms with Gasteiger partial charge in [-0.3, -0.25) is 0 Å². The Kier molecular flexibility index (Phi) is 4.95. The van der Waals surface area contributed by atoms with Gasteiger partial charge >= 0.3 is 0 Å². The fourth-order valence-corrected chi connectivity index (χ4v) is 3.71. The van der Waals surface area contributed by atoms with Crippen molar-refractivity contribution in [2.75, 3.05) is 13.2 Å². The normalized spacial score (nSPS) is 18.4. The molecule has 1 fully saturated rings. The molecular formula is C11H24N2O3S. The molecule has 1 saturated carbocycles. The molecule has 0 aromatic heterocycles. The Morgan fingerprint density at radius 2 is 1.94 bits per heavy atom. The van der Waals surface area contributed by atoms with Crippen molar-refractivity contribution in [2.24, 2.45) is 0 Å². The third-order valence-corrected chi connectivity index (χ3v) is 4.73. The molecule has 0 saturated heterocycles. The van der Waals surface area contributed by atoms with Gasteiger partial charge in [0, 0.05) is 24.7 Å². The molecule has 0 bridgehead atoms. The Bertz CT molecular complexity index is 331. The Balaban J connectivity index is 2.73. The van der Waals surface area contributed by atoms with E-state index in [1.54, 1.807) is 0 Å². The lowest BCUT2D eigenvalue weighted by Gasteiger charge is -2.38. The molecule has 5 nitrogen and oxygen atoms in total. The Morgan fingerprint density at radius 3 is 2.29 bits per heavy atom. The Hall–Kier alpha value is -0.170. The first-order valence-corrected chi connectivity index (χ1v) is 7.62. The highest BCUT2D eigenvalue weighted by atomic mass is 32.2. The van der Waals surface area contributed by atoms with Gasteiger partial charge in [-0.1, -0.05) is 6.42 Å². The van der Waals surface area contributed by atoms with Gasteiger partial charge in [-0.15, -0.1) is 0 Å². The maximum atomic E-state index is 12.2. The van der Waals surface area contributed by atoms with Gasteiger partial charge in [-0.05, 0) is 40.0 Å². The van der Waals surface area contributed by atoms with E-state index in [1.165, 1.54) is 4.31 Å². The van der Waals surface area contributed by atoms with Crippen LogP contribution in [0.4, 0.5) is 0 Å². The number of nitrogens with one attached hydrogen (secondary N) is 1. The summed E-state index contributed by atoms with van der Waals surface area (Å²) in [6, 6.07) is 0.112. The van der Waals surface area contributed by atoms with E-state index >= 15 is 0 Å². The van der Waals surface area contributed by atoms with Crippen LogP contribution in [0.25, 0.3) is 0 Å². The molecule has 0 radical (unpaired) electrons. The molecule has 0 aliphatic heterocycles. The highest BCUT2D eigenvalue weighted by Gasteiger charge is 2.35. The van der Waals surface area contributed by atoms with E-state index in [-0.39, 0.29) is 12.6 Å². The van der Waals surface area contributed by atoms with E-state index in [1.807, 2.05) is 20.8 Å². The van der Waals surface area contributed by atoms with Crippen molar-refractivity contribution >= 4 is 10.2 Å². The molecule has 6 heteroatoms. The molecule has 102 valence electrons. The molecule has 1 aliphatic rings. The van der Waals surface area contributed by atoms with E-state index in [0.29, 0.717) is 13.0 Å². The average Bonchev–Trinajstić information content (AvgIpc) is 2.04. The minimum atomic E-state index is -3.44. The highest BCUT2D eigenvalue weighted by molar-refractivity contribution is 7.87. The lowest BCUT2D eigenvalue weighted by atomic mass is 9.93. The van der Waals surface area contributed by atoms with Crippen LogP contribution < -0.4 is 4.72 Å². The van der Waals surface area contributed by atoms with E-state index in [0.717, 1.165) is 19.3 Å². The molecule has 2 N–H and O–H groups in total. The van der Waals surface area contributed by atoms with E-state index < -0.39 is 15.7 Å². The topological polar surface area (TPSA) is 69.6 Å². The number of hydrogen-bond acceptors (Lipinski definition) is 3. The fraction of sp³-hybridized carbons (Fsp3) is 1.00. The van der Waals surface area contributed by atoms with Crippen LogP contribution in [-0.4, -0.2) is 42.6 Å². The molecule has 1 aliphatic carbocycles. The summed E-state index contributed by atoms with van der Waals surface area (Å²) in [5.41, 5.74) is -0.472. The summed E-state index contributed by atoms with van der Waals surface area (Å²) in [5, 5.41) is 8.84. The minimum Gasteiger partial charge on any atom is -0.396 e. The fourth-order valence-electron chi connectivity index (χ4n) is 1.85. The van der Waals surface area contributed by atoms with Gasteiger partial charge in [-0.25, -0.2) is 0 Å². The first-order chi connectivity index (χ1) is 7.76. The zero-order valence-electron chi connectivity index (χ0n) is 10.9. The standard InChI is InChI=1S/C11H24N2O3S/c1-11(2,3)12-17(15,16)13(8-5-9-14)10-6-4-7-10/h10,12,14H,4-9H2,1-3H3. The summed E-state index contributed by atoms with van der Waals surface area (Å²) in [6.07, 6.45) is 3.43. The predicted molar refractivity (Wildman–Crippen MR) is 67.9 cm³/mol. The molecule has 0 aromatic carbocycles. The molecule has 0 spiro atoms. The second kappa shape index (κ2) is 5.65. The Morgan fingerprint density at radius 1 is 1.35 bits per heavy atom. The lowest BCUT2D eigenvalue weighted by molar-refractivity contribution is 0.195. The summed E-state index contributed by atoms with van der Waals surface area (Å²) in [6.45, 7) is 5.90. The van der Waals surface area contributed by atoms with Crippen LogP contribution >= 0.6 is 0 Å². The van der Waals surface area contributed by atoms with E-state index in [9.17, 15) is 8.42 Å². The first-order valence-electron chi connectivity index (χ1n) is 6.18. The summed E-state index contributed by atoms with van der Waals surface area (Å²) in [5.74, 6) is 0. The number of aliphatic hydroxyl groups is 1. The molecule has 0 aromatic rings. The summed E-state index contributed by atoms with van der Waals surface area (Å²) >= 11 is 0. The van der Waals surface area contributed by atoms with Crippen LogP contribution in [0.5, 0.6) is 0 Å². The summed E-state index contributed by atoms with van der Waals surface area (Å²) in [4.78, 5) is 0. The Labute approximate surface area is 104 Å². The second-order valence-electron chi connectivity index (χ2n) is 5.63. The second-order valence-corrected chi connectivity index (χ2v) is 7.25. The monoisotopic (exact) mass is 264 g/mol. The third kappa shape index (κ3) is 4.54. The van der Waals surface area contributed by atoms with Crippen molar-refractivity contribution in [3.63, 3.8) is 0 Å². The predicted octanol–water partition coefficient (Wildman–Crippen LogP) is 0.856. The zero-order valence-corrected chi connectivity index (χ0v) is 11.8. The van der Waals surface area contributed by atoms with E-state index in [4.69, 9.17) is 5.11 Å². The van der Waals surface area contributed by atoms with E-state index in [2.05, 4.69) is 4.72 Å². The van der Waals surface area contributed by atoms with Gasteiger partial charge in [0.05, 0.1) is 0 Å². The molecule has 0 atom stereocenters. The van der Waals surface area contributed by atoms with Crippen molar-refractivity contribution < 1.29 is 13.5 Å². The lowest BCUT2D eigenvalue weighted by Crippen LogP contribution is -2.54. The number of aliphatic hydroxyl groups excluding tert-OH is 1. The largest absolute Gasteiger partial charge is 0.396 e. The summed E-state index contributed by atoms with van der Waals surface area (Å²) < 4.78 is 28.6. The van der Waals surface area contributed by atoms with Gasteiger partial charge in [-0.2, -0.15) is 17.4 Å². The molecule has 17 heavy (non-hydrogen) atoms. The van der Waals surface area contributed by atoms with Gasteiger partial charge in [0.15, 0.2) is 0 Å². The maximum absolute atomic E-state index is 12.2. The molecule has 0 amide bonds.